The Balaban J connectivity index is 1.64. The standard InChI is InChI=1S/C12H11NO4/c14-11-13(10-12(17-10)7-16-12)9(6-15-11)8-4-2-1-3-5-8/h1-5,9-10H,6-7H2/t9-,10?,12?/m0/s1. The third-order valence-corrected chi connectivity index (χ3v) is 3.41. The fourth-order valence-electron chi connectivity index (χ4n) is 2.33. The number of benzene rings is 1. The second kappa shape index (κ2) is 3.00. The number of epoxide rings is 2. The van der Waals surface area contributed by atoms with Gasteiger partial charge in [-0.3, -0.25) is 4.90 Å². The maximum atomic E-state index is 11.7. The minimum atomic E-state index is -0.504. The van der Waals surface area contributed by atoms with E-state index in [1.54, 1.807) is 4.90 Å². The second-order valence-corrected chi connectivity index (χ2v) is 4.48. The zero-order valence-electron chi connectivity index (χ0n) is 9.04. The normalized spacial score (nSPS) is 38.4. The number of amides is 1. The van der Waals surface area contributed by atoms with Crippen LogP contribution in [0.25, 0.3) is 0 Å². The van der Waals surface area contributed by atoms with Crippen molar-refractivity contribution in [2.24, 2.45) is 0 Å². The molecule has 3 saturated heterocycles. The summed E-state index contributed by atoms with van der Waals surface area (Å²) in [5.41, 5.74) is 1.06. The Labute approximate surface area is 97.9 Å². The Kier molecular flexibility index (Phi) is 1.66. The first-order valence-corrected chi connectivity index (χ1v) is 5.62. The van der Waals surface area contributed by atoms with Crippen LogP contribution in [0, 0.1) is 0 Å². The maximum absolute atomic E-state index is 11.7. The van der Waals surface area contributed by atoms with Gasteiger partial charge in [-0.15, -0.1) is 0 Å². The molecule has 1 aromatic carbocycles. The van der Waals surface area contributed by atoms with Crippen molar-refractivity contribution in [2.75, 3.05) is 13.2 Å². The summed E-state index contributed by atoms with van der Waals surface area (Å²) >= 11 is 0. The summed E-state index contributed by atoms with van der Waals surface area (Å²) in [6.07, 6.45) is -0.598. The van der Waals surface area contributed by atoms with Crippen LogP contribution >= 0.6 is 0 Å². The molecule has 3 atom stereocenters. The summed E-state index contributed by atoms with van der Waals surface area (Å²) < 4.78 is 15.7. The molecule has 1 spiro atoms. The van der Waals surface area contributed by atoms with E-state index in [0.29, 0.717) is 13.2 Å². The van der Waals surface area contributed by atoms with Crippen molar-refractivity contribution in [3.63, 3.8) is 0 Å². The molecule has 4 rings (SSSR count). The molecule has 17 heavy (non-hydrogen) atoms. The van der Waals surface area contributed by atoms with Crippen LogP contribution in [0.5, 0.6) is 0 Å². The van der Waals surface area contributed by atoms with Crippen molar-refractivity contribution >= 4 is 6.09 Å². The lowest BCUT2D eigenvalue weighted by molar-refractivity contribution is 0.139. The summed E-state index contributed by atoms with van der Waals surface area (Å²) in [5, 5.41) is 0. The van der Waals surface area contributed by atoms with E-state index in [0.717, 1.165) is 5.56 Å². The molecule has 3 heterocycles. The van der Waals surface area contributed by atoms with Crippen molar-refractivity contribution in [3.8, 4) is 0 Å². The number of cyclic esters (lactones) is 1. The third kappa shape index (κ3) is 1.29. The minimum absolute atomic E-state index is 0.0720. The SMILES string of the molecule is O=C1OC[C@@H](c2ccccc2)N1C1OC12CO2. The van der Waals surface area contributed by atoms with E-state index in [-0.39, 0.29) is 18.4 Å². The molecule has 88 valence electrons. The van der Waals surface area contributed by atoms with Crippen LogP contribution in [0.15, 0.2) is 30.3 Å². The van der Waals surface area contributed by atoms with Crippen LogP contribution in [0.1, 0.15) is 11.6 Å². The summed E-state index contributed by atoms with van der Waals surface area (Å²) in [6, 6.07) is 9.76. The van der Waals surface area contributed by atoms with Crippen LogP contribution in [0.2, 0.25) is 0 Å². The van der Waals surface area contributed by atoms with Gasteiger partial charge in [0.15, 0.2) is 6.23 Å². The van der Waals surface area contributed by atoms with E-state index in [9.17, 15) is 4.79 Å². The zero-order chi connectivity index (χ0) is 11.5. The molecule has 0 aliphatic carbocycles. The number of hydrogen-bond donors (Lipinski definition) is 0. The van der Waals surface area contributed by atoms with E-state index in [4.69, 9.17) is 14.2 Å². The van der Waals surface area contributed by atoms with Crippen molar-refractivity contribution in [3.05, 3.63) is 35.9 Å². The van der Waals surface area contributed by atoms with Gasteiger partial charge in [0.1, 0.15) is 13.2 Å². The molecule has 0 bridgehead atoms. The van der Waals surface area contributed by atoms with Gasteiger partial charge in [-0.2, -0.15) is 0 Å². The van der Waals surface area contributed by atoms with Crippen LogP contribution in [0.4, 0.5) is 4.79 Å². The van der Waals surface area contributed by atoms with Gasteiger partial charge < -0.3 is 14.2 Å². The molecular formula is C12H11NO4. The second-order valence-electron chi connectivity index (χ2n) is 4.48. The molecule has 0 radical (unpaired) electrons. The molecule has 0 N–H and O–H groups in total. The van der Waals surface area contributed by atoms with Crippen molar-refractivity contribution in [1.29, 1.82) is 0 Å². The van der Waals surface area contributed by atoms with Crippen LogP contribution in [-0.4, -0.2) is 36.2 Å². The van der Waals surface area contributed by atoms with Gasteiger partial charge in [0.2, 0.25) is 5.79 Å². The average Bonchev–Trinajstić information content (AvgIpc) is 3.25. The molecule has 0 saturated carbocycles. The third-order valence-electron chi connectivity index (χ3n) is 3.41. The number of ether oxygens (including phenoxy) is 3. The molecule has 1 aromatic rings. The highest BCUT2D eigenvalue weighted by Crippen LogP contribution is 2.53. The smallest absolute Gasteiger partial charge is 0.412 e. The molecule has 2 unspecified atom stereocenters. The summed E-state index contributed by atoms with van der Waals surface area (Å²) in [7, 11) is 0. The van der Waals surface area contributed by atoms with E-state index < -0.39 is 5.79 Å². The van der Waals surface area contributed by atoms with E-state index in [2.05, 4.69) is 0 Å². The number of hydrogen-bond acceptors (Lipinski definition) is 4. The first-order chi connectivity index (χ1) is 8.30. The molecule has 3 fully saturated rings. The van der Waals surface area contributed by atoms with Crippen molar-refractivity contribution < 1.29 is 19.0 Å². The molecule has 5 nitrogen and oxygen atoms in total. The lowest BCUT2D eigenvalue weighted by Gasteiger charge is -2.18. The summed E-state index contributed by atoms with van der Waals surface area (Å²) in [4.78, 5) is 13.4. The van der Waals surface area contributed by atoms with Crippen LogP contribution in [0.3, 0.4) is 0 Å². The quantitative estimate of drug-likeness (QED) is 0.722. The molecule has 0 aromatic heterocycles. The average molecular weight is 233 g/mol. The Morgan fingerprint density at radius 1 is 1.29 bits per heavy atom. The predicted octanol–water partition coefficient (Wildman–Crippen LogP) is 1.26. The molecule has 3 aliphatic rings. The lowest BCUT2D eigenvalue weighted by atomic mass is 10.1. The van der Waals surface area contributed by atoms with Crippen molar-refractivity contribution in [2.45, 2.75) is 18.1 Å². The van der Waals surface area contributed by atoms with Crippen LogP contribution < -0.4 is 0 Å². The molecule has 1 amide bonds. The first-order valence-electron chi connectivity index (χ1n) is 5.62. The van der Waals surface area contributed by atoms with Crippen LogP contribution in [-0.2, 0) is 14.2 Å². The van der Waals surface area contributed by atoms with Crippen molar-refractivity contribution in [1.82, 2.24) is 4.90 Å². The van der Waals surface area contributed by atoms with E-state index in [1.165, 1.54) is 0 Å². The van der Waals surface area contributed by atoms with Gasteiger partial charge in [0.25, 0.3) is 0 Å². The van der Waals surface area contributed by atoms with E-state index >= 15 is 0 Å². The lowest BCUT2D eigenvalue weighted by Crippen LogP contribution is -2.32. The fourth-order valence-corrected chi connectivity index (χ4v) is 2.33. The molecule has 5 heteroatoms. The number of nitrogens with zero attached hydrogens (tertiary/aromatic N) is 1. The number of carbonyl (C=O) groups excluding carboxylic acids is 1. The predicted molar refractivity (Wildman–Crippen MR) is 55.9 cm³/mol. The highest BCUT2D eigenvalue weighted by molar-refractivity contribution is 5.71. The van der Waals surface area contributed by atoms with Gasteiger partial charge in [-0.25, -0.2) is 4.79 Å². The molecular weight excluding hydrogens is 222 g/mol. The van der Waals surface area contributed by atoms with Gasteiger partial charge in [-0.1, -0.05) is 30.3 Å². The summed E-state index contributed by atoms with van der Waals surface area (Å²) in [5.74, 6) is -0.504. The van der Waals surface area contributed by atoms with Gasteiger partial charge >= 0.3 is 6.09 Å². The van der Waals surface area contributed by atoms with Gasteiger partial charge in [0, 0.05) is 0 Å². The Bertz CT molecular complexity index is 471. The minimum Gasteiger partial charge on any atom is -0.447 e. The van der Waals surface area contributed by atoms with Gasteiger partial charge in [-0.05, 0) is 5.56 Å². The van der Waals surface area contributed by atoms with Gasteiger partial charge in [0.05, 0.1) is 6.04 Å². The maximum Gasteiger partial charge on any atom is 0.412 e. The first kappa shape index (κ1) is 9.44. The van der Waals surface area contributed by atoms with E-state index in [1.807, 2.05) is 30.3 Å². The Morgan fingerprint density at radius 3 is 2.71 bits per heavy atom. The highest BCUT2D eigenvalue weighted by Gasteiger charge is 2.74. The fraction of sp³-hybridized carbons (Fsp3) is 0.417. The monoisotopic (exact) mass is 233 g/mol. The largest absolute Gasteiger partial charge is 0.447 e. The highest BCUT2D eigenvalue weighted by atomic mass is 16.9. The zero-order valence-corrected chi connectivity index (χ0v) is 9.04. The Hall–Kier alpha value is -1.59. The summed E-state index contributed by atoms with van der Waals surface area (Å²) in [6.45, 7) is 0.946. The number of carbonyl (C=O) groups is 1. The topological polar surface area (TPSA) is 54.6 Å². The molecule has 3 aliphatic heterocycles. The number of rotatable bonds is 2. The Morgan fingerprint density at radius 2 is 2.06 bits per heavy atom.